The van der Waals surface area contributed by atoms with Gasteiger partial charge in [0.1, 0.15) is 0 Å². The Labute approximate surface area is 161 Å². The predicted molar refractivity (Wildman–Crippen MR) is 111 cm³/mol. The minimum atomic E-state index is 0.718. The van der Waals surface area contributed by atoms with Crippen LogP contribution in [0.1, 0.15) is 91.0 Å². The van der Waals surface area contributed by atoms with Gasteiger partial charge in [-0.3, -0.25) is 0 Å². The molecule has 0 aliphatic rings. The van der Waals surface area contributed by atoms with E-state index >= 15 is 0 Å². The van der Waals surface area contributed by atoms with Crippen LogP contribution in [-0.2, 0) is 6.42 Å². The molecule has 0 amide bonds. The number of ether oxygens (including phenoxy) is 3. The van der Waals surface area contributed by atoms with Crippen molar-refractivity contribution in [3.05, 3.63) is 17.7 Å². The Bertz CT molecular complexity index is 438. The molecule has 0 spiro atoms. The van der Waals surface area contributed by atoms with Crippen LogP contribution >= 0.6 is 0 Å². The molecule has 0 atom stereocenters. The third kappa shape index (κ3) is 8.82. The van der Waals surface area contributed by atoms with Gasteiger partial charge in [0.2, 0.25) is 5.75 Å². The number of benzene rings is 1. The molecular weight excluding hydrogens is 324 g/mol. The lowest BCUT2D eigenvalue weighted by atomic mass is 10.1. The Morgan fingerprint density at radius 3 is 1.38 bits per heavy atom. The number of aryl methyl sites for hydroxylation is 1. The molecule has 0 unspecified atom stereocenters. The summed E-state index contributed by atoms with van der Waals surface area (Å²) in [5, 5.41) is 0. The van der Waals surface area contributed by atoms with Crippen LogP contribution in [-0.4, -0.2) is 19.8 Å². The first-order valence-corrected chi connectivity index (χ1v) is 10.8. The number of hydrogen-bond acceptors (Lipinski definition) is 3. The zero-order valence-electron chi connectivity index (χ0n) is 17.6. The van der Waals surface area contributed by atoms with Gasteiger partial charge in [-0.1, -0.05) is 66.2 Å². The van der Waals surface area contributed by atoms with Crippen molar-refractivity contribution in [2.45, 2.75) is 91.9 Å². The normalized spacial score (nSPS) is 10.8. The highest BCUT2D eigenvalue weighted by Gasteiger charge is 2.15. The second-order valence-corrected chi connectivity index (χ2v) is 6.94. The first-order chi connectivity index (χ1) is 12.8. The minimum absolute atomic E-state index is 0.718. The van der Waals surface area contributed by atoms with E-state index in [9.17, 15) is 0 Å². The van der Waals surface area contributed by atoms with Gasteiger partial charge in [-0.15, -0.1) is 0 Å². The first-order valence-electron chi connectivity index (χ1n) is 10.8. The Morgan fingerprint density at radius 2 is 1.00 bits per heavy atom. The monoisotopic (exact) mass is 364 g/mol. The van der Waals surface area contributed by atoms with E-state index in [0.29, 0.717) is 0 Å². The molecule has 0 radical (unpaired) electrons. The highest BCUT2D eigenvalue weighted by molar-refractivity contribution is 5.54. The Hall–Kier alpha value is -1.38. The van der Waals surface area contributed by atoms with Crippen molar-refractivity contribution in [3.63, 3.8) is 0 Å². The summed E-state index contributed by atoms with van der Waals surface area (Å²) < 4.78 is 18.3. The quantitative estimate of drug-likeness (QED) is 0.297. The van der Waals surface area contributed by atoms with E-state index in [1.807, 2.05) is 0 Å². The summed E-state index contributed by atoms with van der Waals surface area (Å²) in [5.41, 5.74) is 1.24. The minimum Gasteiger partial charge on any atom is -0.490 e. The van der Waals surface area contributed by atoms with Crippen molar-refractivity contribution in [1.82, 2.24) is 0 Å². The van der Waals surface area contributed by atoms with Crippen molar-refractivity contribution >= 4 is 0 Å². The molecule has 150 valence electrons. The molecule has 0 saturated carbocycles. The molecule has 0 saturated heterocycles. The summed E-state index contributed by atoms with van der Waals surface area (Å²) >= 11 is 0. The van der Waals surface area contributed by atoms with Crippen molar-refractivity contribution in [1.29, 1.82) is 0 Å². The van der Waals surface area contributed by atoms with E-state index < -0.39 is 0 Å². The molecule has 0 aliphatic carbocycles. The van der Waals surface area contributed by atoms with E-state index in [1.54, 1.807) is 0 Å². The molecule has 0 N–H and O–H groups in total. The summed E-state index contributed by atoms with van der Waals surface area (Å²) in [5.74, 6) is 2.50. The van der Waals surface area contributed by atoms with Crippen LogP contribution in [0.2, 0.25) is 0 Å². The summed E-state index contributed by atoms with van der Waals surface area (Å²) in [6, 6.07) is 4.25. The largest absolute Gasteiger partial charge is 0.490 e. The molecule has 1 rings (SSSR count). The van der Waals surface area contributed by atoms with Crippen LogP contribution in [0.15, 0.2) is 12.1 Å². The highest BCUT2D eigenvalue weighted by atomic mass is 16.5. The van der Waals surface area contributed by atoms with Gasteiger partial charge in [0.15, 0.2) is 11.5 Å². The van der Waals surface area contributed by atoms with Crippen molar-refractivity contribution in [3.8, 4) is 17.2 Å². The molecule has 3 heteroatoms. The molecule has 26 heavy (non-hydrogen) atoms. The van der Waals surface area contributed by atoms with E-state index in [4.69, 9.17) is 14.2 Å². The number of hydrogen-bond donors (Lipinski definition) is 0. The predicted octanol–water partition coefficient (Wildman–Crippen LogP) is 6.96. The lowest BCUT2D eigenvalue weighted by Gasteiger charge is -2.18. The molecular formula is C23H40O3. The average molecular weight is 365 g/mol. The summed E-state index contributed by atoms with van der Waals surface area (Å²) in [4.78, 5) is 0. The average Bonchev–Trinajstić information content (AvgIpc) is 2.66. The zero-order valence-corrected chi connectivity index (χ0v) is 17.6. The van der Waals surface area contributed by atoms with Gasteiger partial charge in [0.05, 0.1) is 19.8 Å². The third-order valence-corrected chi connectivity index (χ3v) is 4.49. The molecule has 0 heterocycles. The molecule has 0 fully saturated rings. The fraction of sp³-hybridized carbons (Fsp3) is 0.739. The standard InChI is InChI=1S/C23H40O3/c1-5-9-12-15-24-21-18-20(8-4)19-22(25-16-13-10-6-2)23(21)26-17-14-11-7-3/h18-19H,5-17H2,1-4H3. The molecule has 0 aromatic heterocycles. The van der Waals surface area contributed by atoms with E-state index in [-0.39, 0.29) is 0 Å². The van der Waals surface area contributed by atoms with Crippen LogP contribution in [0.4, 0.5) is 0 Å². The molecule has 1 aromatic rings. The van der Waals surface area contributed by atoms with Gasteiger partial charge in [0.25, 0.3) is 0 Å². The SMILES string of the molecule is CCCCCOc1cc(CC)cc(OCCCCC)c1OCCCCC. The van der Waals surface area contributed by atoms with Gasteiger partial charge in [0, 0.05) is 0 Å². The summed E-state index contributed by atoms with van der Waals surface area (Å²) in [6.07, 6.45) is 11.4. The van der Waals surface area contributed by atoms with Crippen molar-refractivity contribution < 1.29 is 14.2 Å². The Balaban J connectivity index is 2.88. The van der Waals surface area contributed by atoms with Crippen LogP contribution in [0.5, 0.6) is 17.2 Å². The molecule has 3 nitrogen and oxygen atoms in total. The smallest absolute Gasteiger partial charge is 0.203 e. The van der Waals surface area contributed by atoms with Crippen LogP contribution in [0.3, 0.4) is 0 Å². The van der Waals surface area contributed by atoms with Gasteiger partial charge < -0.3 is 14.2 Å². The highest BCUT2D eigenvalue weighted by Crippen LogP contribution is 2.39. The van der Waals surface area contributed by atoms with Gasteiger partial charge in [-0.25, -0.2) is 0 Å². The van der Waals surface area contributed by atoms with Crippen LogP contribution in [0.25, 0.3) is 0 Å². The fourth-order valence-electron chi connectivity index (χ4n) is 2.79. The maximum Gasteiger partial charge on any atom is 0.203 e. The molecule has 0 aliphatic heterocycles. The Morgan fingerprint density at radius 1 is 0.577 bits per heavy atom. The Kier molecular flexibility index (Phi) is 12.9. The number of unbranched alkanes of at least 4 members (excludes halogenated alkanes) is 6. The van der Waals surface area contributed by atoms with Gasteiger partial charge in [-0.2, -0.15) is 0 Å². The summed E-state index contributed by atoms with van der Waals surface area (Å²) in [7, 11) is 0. The lowest BCUT2D eigenvalue weighted by Crippen LogP contribution is -2.07. The maximum absolute atomic E-state index is 6.13. The molecule has 1 aromatic carbocycles. The zero-order chi connectivity index (χ0) is 19.0. The lowest BCUT2D eigenvalue weighted by molar-refractivity contribution is 0.235. The summed E-state index contributed by atoms with van der Waals surface area (Å²) in [6.45, 7) is 11.0. The number of rotatable bonds is 16. The van der Waals surface area contributed by atoms with Crippen LogP contribution < -0.4 is 14.2 Å². The second-order valence-electron chi connectivity index (χ2n) is 6.94. The van der Waals surface area contributed by atoms with E-state index in [2.05, 4.69) is 39.8 Å². The van der Waals surface area contributed by atoms with Crippen molar-refractivity contribution in [2.24, 2.45) is 0 Å². The third-order valence-electron chi connectivity index (χ3n) is 4.49. The van der Waals surface area contributed by atoms with Crippen LogP contribution in [0, 0.1) is 0 Å². The van der Waals surface area contributed by atoms with Gasteiger partial charge in [-0.05, 0) is 43.4 Å². The topological polar surface area (TPSA) is 27.7 Å². The fourth-order valence-corrected chi connectivity index (χ4v) is 2.79. The maximum atomic E-state index is 6.13. The molecule has 0 bridgehead atoms. The first kappa shape index (κ1) is 22.7. The van der Waals surface area contributed by atoms with E-state index in [0.717, 1.165) is 62.8 Å². The van der Waals surface area contributed by atoms with E-state index in [1.165, 1.54) is 44.1 Å². The van der Waals surface area contributed by atoms with Gasteiger partial charge >= 0.3 is 0 Å². The second kappa shape index (κ2) is 14.8. The van der Waals surface area contributed by atoms with Crippen molar-refractivity contribution in [2.75, 3.05) is 19.8 Å².